The second-order valence-electron chi connectivity index (χ2n) is 5.21. The van der Waals surface area contributed by atoms with Gasteiger partial charge >= 0.3 is 0 Å². The molecule has 0 aliphatic heterocycles. The first-order chi connectivity index (χ1) is 10.9. The highest BCUT2D eigenvalue weighted by Crippen LogP contribution is 2.10. The predicted molar refractivity (Wildman–Crippen MR) is 90.2 cm³/mol. The molecule has 0 aliphatic carbocycles. The molecular weight excluding hydrogens is 318 g/mol. The maximum atomic E-state index is 10.9. The van der Waals surface area contributed by atoms with Crippen LogP contribution in [0, 0.1) is 6.92 Å². The maximum Gasteiger partial charge on any atom is 0.264 e. The van der Waals surface area contributed by atoms with E-state index in [1.807, 2.05) is 31.2 Å². The first kappa shape index (κ1) is 19.6. The van der Waals surface area contributed by atoms with Crippen LogP contribution in [0.5, 0.6) is 0 Å². The van der Waals surface area contributed by atoms with Gasteiger partial charge in [0.2, 0.25) is 0 Å². The van der Waals surface area contributed by atoms with Crippen molar-refractivity contribution in [3.8, 4) is 0 Å². The fourth-order valence-electron chi connectivity index (χ4n) is 1.87. The highest BCUT2D eigenvalue weighted by molar-refractivity contribution is 7.85. The van der Waals surface area contributed by atoms with Gasteiger partial charge in [-0.2, -0.15) is 8.42 Å². The number of benzene rings is 1. The molecule has 0 amide bonds. The first-order valence-corrected chi connectivity index (χ1v) is 9.33. The molecule has 0 spiro atoms. The van der Waals surface area contributed by atoms with E-state index in [0.29, 0.717) is 6.61 Å². The minimum Gasteiger partial charge on any atom is -0.393 e. The second-order valence-corrected chi connectivity index (χ2v) is 6.86. The molecule has 0 fully saturated rings. The van der Waals surface area contributed by atoms with Gasteiger partial charge in [0.05, 0.1) is 12.0 Å². The molecule has 0 aromatic heterocycles. The molecule has 0 N–H and O–H groups in total. The van der Waals surface area contributed by atoms with E-state index >= 15 is 0 Å². The number of hydrogen-bond donors (Lipinski definition) is 0. The molecule has 0 atom stereocenters. The Kier molecular flexibility index (Phi) is 8.83. The molecule has 7 heteroatoms. The SMILES string of the molecule is COCCCC/C(=N/OCCOS(C)(=O)=O)c1ccc(C)cc1. The number of oxime groups is 1. The molecule has 0 heterocycles. The van der Waals surface area contributed by atoms with Gasteiger partial charge in [-0.05, 0) is 31.7 Å². The van der Waals surface area contributed by atoms with Crippen molar-refractivity contribution in [3.63, 3.8) is 0 Å². The van der Waals surface area contributed by atoms with E-state index in [2.05, 4.69) is 9.34 Å². The van der Waals surface area contributed by atoms with Crippen LogP contribution in [0.3, 0.4) is 0 Å². The van der Waals surface area contributed by atoms with Gasteiger partial charge in [0.1, 0.15) is 13.2 Å². The van der Waals surface area contributed by atoms with E-state index in [9.17, 15) is 8.42 Å². The smallest absolute Gasteiger partial charge is 0.264 e. The van der Waals surface area contributed by atoms with Crippen molar-refractivity contribution in [2.24, 2.45) is 5.16 Å². The number of ether oxygens (including phenoxy) is 1. The zero-order valence-corrected chi connectivity index (χ0v) is 14.8. The lowest BCUT2D eigenvalue weighted by atomic mass is 10.0. The quantitative estimate of drug-likeness (QED) is 0.267. The van der Waals surface area contributed by atoms with Crippen LogP contribution in [0.2, 0.25) is 0 Å². The number of hydrogen-bond acceptors (Lipinski definition) is 6. The van der Waals surface area contributed by atoms with Crippen molar-refractivity contribution in [2.75, 3.05) is 33.2 Å². The zero-order chi connectivity index (χ0) is 17.1. The van der Waals surface area contributed by atoms with E-state index < -0.39 is 10.1 Å². The van der Waals surface area contributed by atoms with Gasteiger partial charge in [0.15, 0.2) is 0 Å². The van der Waals surface area contributed by atoms with Gasteiger partial charge in [-0.3, -0.25) is 4.18 Å². The highest BCUT2D eigenvalue weighted by atomic mass is 32.2. The Morgan fingerprint density at radius 1 is 1.09 bits per heavy atom. The van der Waals surface area contributed by atoms with Gasteiger partial charge in [0, 0.05) is 13.7 Å². The van der Waals surface area contributed by atoms with Gasteiger partial charge in [-0.15, -0.1) is 0 Å². The van der Waals surface area contributed by atoms with Crippen LogP contribution in [0.25, 0.3) is 0 Å². The fraction of sp³-hybridized carbons (Fsp3) is 0.562. The summed E-state index contributed by atoms with van der Waals surface area (Å²) in [7, 11) is -1.76. The van der Waals surface area contributed by atoms with E-state index in [-0.39, 0.29) is 13.2 Å². The summed E-state index contributed by atoms with van der Waals surface area (Å²) in [6.07, 6.45) is 3.64. The second kappa shape index (κ2) is 10.4. The Morgan fingerprint density at radius 2 is 1.78 bits per heavy atom. The topological polar surface area (TPSA) is 74.2 Å². The van der Waals surface area contributed by atoms with Crippen molar-refractivity contribution >= 4 is 15.8 Å². The molecule has 0 saturated heterocycles. The van der Waals surface area contributed by atoms with Crippen LogP contribution in [0.15, 0.2) is 29.4 Å². The third-order valence-corrected chi connectivity index (χ3v) is 3.64. The van der Waals surface area contributed by atoms with Crippen LogP contribution in [-0.2, 0) is 23.9 Å². The van der Waals surface area contributed by atoms with Crippen molar-refractivity contribution in [1.29, 1.82) is 0 Å². The monoisotopic (exact) mass is 343 g/mol. The number of nitrogens with zero attached hydrogens (tertiary/aromatic N) is 1. The zero-order valence-electron chi connectivity index (χ0n) is 13.9. The van der Waals surface area contributed by atoms with Crippen LogP contribution < -0.4 is 0 Å². The molecule has 130 valence electrons. The molecule has 23 heavy (non-hydrogen) atoms. The van der Waals surface area contributed by atoms with Crippen LogP contribution in [-0.4, -0.2) is 47.3 Å². The summed E-state index contributed by atoms with van der Waals surface area (Å²) < 4.78 is 31.4. The van der Waals surface area contributed by atoms with Crippen LogP contribution >= 0.6 is 0 Å². The first-order valence-electron chi connectivity index (χ1n) is 7.51. The van der Waals surface area contributed by atoms with E-state index in [1.54, 1.807) is 7.11 Å². The Balaban J connectivity index is 2.59. The summed E-state index contributed by atoms with van der Waals surface area (Å²) in [6.45, 7) is 2.77. The average molecular weight is 343 g/mol. The van der Waals surface area contributed by atoms with Crippen LogP contribution in [0.1, 0.15) is 30.4 Å². The molecule has 0 aliphatic rings. The molecular formula is C16H25NO5S. The Bertz CT molecular complexity index is 581. The highest BCUT2D eigenvalue weighted by Gasteiger charge is 2.06. The van der Waals surface area contributed by atoms with Crippen molar-refractivity contribution in [1.82, 2.24) is 0 Å². The fourth-order valence-corrected chi connectivity index (χ4v) is 2.24. The molecule has 1 aromatic carbocycles. The molecule has 1 rings (SSSR count). The van der Waals surface area contributed by atoms with Crippen molar-refractivity contribution < 1.29 is 22.2 Å². The minimum atomic E-state index is -3.44. The van der Waals surface area contributed by atoms with Crippen LogP contribution in [0.4, 0.5) is 0 Å². The third-order valence-electron chi connectivity index (χ3n) is 3.04. The molecule has 0 bridgehead atoms. The van der Waals surface area contributed by atoms with Crippen molar-refractivity contribution in [2.45, 2.75) is 26.2 Å². The molecule has 0 radical (unpaired) electrons. The van der Waals surface area contributed by atoms with Gasteiger partial charge < -0.3 is 9.57 Å². The average Bonchev–Trinajstić information content (AvgIpc) is 2.49. The summed E-state index contributed by atoms with van der Waals surface area (Å²) in [5, 5.41) is 4.14. The predicted octanol–water partition coefficient (Wildman–Crippen LogP) is 2.51. The number of methoxy groups -OCH3 is 1. The molecule has 0 saturated carbocycles. The lowest BCUT2D eigenvalue weighted by Crippen LogP contribution is -2.09. The summed E-state index contributed by atoms with van der Waals surface area (Å²) in [5.41, 5.74) is 3.01. The van der Waals surface area contributed by atoms with E-state index in [4.69, 9.17) is 9.57 Å². The van der Waals surface area contributed by atoms with E-state index in [1.165, 1.54) is 5.56 Å². The van der Waals surface area contributed by atoms with Gasteiger partial charge in [0.25, 0.3) is 10.1 Å². The molecule has 1 aromatic rings. The standard InChI is InChI=1S/C16H25NO5S/c1-14-7-9-15(10-8-14)16(6-4-5-11-20-2)17-21-12-13-22-23(3,18)19/h7-10H,4-6,11-13H2,1-3H3/b17-16-. The number of rotatable bonds is 11. The lowest BCUT2D eigenvalue weighted by molar-refractivity contribution is 0.109. The third kappa shape index (κ3) is 9.32. The Hall–Kier alpha value is -1.44. The largest absolute Gasteiger partial charge is 0.393 e. The number of unbranched alkanes of at least 4 members (excludes halogenated alkanes) is 1. The van der Waals surface area contributed by atoms with Gasteiger partial charge in [-0.1, -0.05) is 35.0 Å². The Labute approximate surface area is 138 Å². The normalized spacial score (nSPS) is 12.4. The summed E-state index contributed by atoms with van der Waals surface area (Å²) >= 11 is 0. The summed E-state index contributed by atoms with van der Waals surface area (Å²) in [5.74, 6) is 0. The Morgan fingerprint density at radius 3 is 2.39 bits per heavy atom. The summed E-state index contributed by atoms with van der Waals surface area (Å²) in [6, 6.07) is 8.04. The minimum absolute atomic E-state index is 0.0484. The maximum absolute atomic E-state index is 10.9. The van der Waals surface area contributed by atoms with Crippen molar-refractivity contribution in [3.05, 3.63) is 35.4 Å². The molecule has 6 nitrogen and oxygen atoms in total. The lowest BCUT2D eigenvalue weighted by Gasteiger charge is -2.08. The number of aryl methyl sites for hydroxylation is 1. The molecule has 0 unspecified atom stereocenters. The summed E-state index contributed by atoms with van der Waals surface area (Å²) in [4.78, 5) is 5.20. The van der Waals surface area contributed by atoms with E-state index in [0.717, 1.165) is 36.8 Å². The van der Waals surface area contributed by atoms with Gasteiger partial charge in [-0.25, -0.2) is 0 Å².